The lowest BCUT2D eigenvalue weighted by molar-refractivity contribution is 0.104. The molecule has 8 heteroatoms. The van der Waals surface area contributed by atoms with Crippen LogP contribution in [0.2, 0.25) is 0 Å². The summed E-state index contributed by atoms with van der Waals surface area (Å²) in [6.07, 6.45) is 2.95. The minimum absolute atomic E-state index is 0. The summed E-state index contributed by atoms with van der Waals surface area (Å²) in [7, 11) is 5.19. The molecule has 0 aliphatic carbocycles. The standard InChI is InChI=1S/C22H27N3O4.ClH/c1-25-11-10-23-22(25)21(16-6-4-7-18(12-16)27-2)24-14-17(26)15-29-20-9-5-8-19(13-20)28-3;/h4-13,17,21,24,26H,14-15H2,1-3H3;1H. The number of aliphatic hydroxyl groups is 1. The molecule has 3 rings (SSSR count). The summed E-state index contributed by atoms with van der Waals surface area (Å²) < 4.78 is 18.2. The first-order valence-electron chi connectivity index (χ1n) is 9.40. The van der Waals surface area contributed by atoms with Crippen LogP contribution < -0.4 is 19.5 Å². The predicted molar refractivity (Wildman–Crippen MR) is 118 cm³/mol. The van der Waals surface area contributed by atoms with Gasteiger partial charge in [-0.25, -0.2) is 4.98 Å². The topological polar surface area (TPSA) is 77.8 Å². The molecule has 0 aliphatic heterocycles. The van der Waals surface area contributed by atoms with Crippen molar-refractivity contribution in [1.29, 1.82) is 0 Å². The van der Waals surface area contributed by atoms with Crippen LogP contribution in [0.3, 0.4) is 0 Å². The molecular formula is C22H28ClN3O4. The van der Waals surface area contributed by atoms with Gasteiger partial charge in [0.05, 0.1) is 20.3 Å². The van der Waals surface area contributed by atoms with Gasteiger partial charge in [0.1, 0.15) is 35.8 Å². The third-order valence-electron chi connectivity index (χ3n) is 4.58. The Bertz CT molecular complexity index is 919. The molecule has 7 nitrogen and oxygen atoms in total. The van der Waals surface area contributed by atoms with E-state index < -0.39 is 6.10 Å². The lowest BCUT2D eigenvalue weighted by atomic mass is 10.1. The fraction of sp³-hybridized carbons (Fsp3) is 0.318. The predicted octanol–water partition coefficient (Wildman–Crippen LogP) is 2.98. The van der Waals surface area contributed by atoms with E-state index in [-0.39, 0.29) is 25.1 Å². The van der Waals surface area contributed by atoms with Gasteiger partial charge in [0.15, 0.2) is 0 Å². The van der Waals surface area contributed by atoms with Gasteiger partial charge >= 0.3 is 0 Å². The number of hydrogen-bond donors (Lipinski definition) is 2. The lowest BCUT2D eigenvalue weighted by Crippen LogP contribution is -2.35. The summed E-state index contributed by atoms with van der Waals surface area (Å²) in [5.74, 6) is 2.98. The Labute approximate surface area is 183 Å². The third kappa shape index (κ3) is 6.13. The summed E-state index contributed by atoms with van der Waals surface area (Å²) in [6, 6.07) is 14.9. The molecule has 2 atom stereocenters. The van der Waals surface area contributed by atoms with E-state index in [1.807, 2.05) is 60.3 Å². The molecule has 0 saturated carbocycles. The van der Waals surface area contributed by atoms with Gasteiger partial charge in [-0.3, -0.25) is 0 Å². The number of nitrogens with one attached hydrogen (secondary N) is 1. The highest BCUT2D eigenvalue weighted by molar-refractivity contribution is 5.85. The molecule has 1 aromatic heterocycles. The van der Waals surface area contributed by atoms with E-state index in [2.05, 4.69) is 10.3 Å². The molecule has 30 heavy (non-hydrogen) atoms. The Hall–Kier alpha value is -2.74. The van der Waals surface area contributed by atoms with E-state index in [1.54, 1.807) is 26.5 Å². The normalized spacial score (nSPS) is 12.5. The van der Waals surface area contributed by atoms with E-state index in [4.69, 9.17) is 14.2 Å². The molecule has 0 aliphatic rings. The first kappa shape index (κ1) is 23.5. The van der Waals surface area contributed by atoms with Crippen LogP contribution in [-0.4, -0.2) is 48.1 Å². The molecule has 0 amide bonds. The van der Waals surface area contributed by atoms with Crippen LogP contribution in [-0.2, 0) is 7.05 Å². The van der Waals surface area contributed by atoms with E-state index >= 15 is 0 Å². The van der Waals surface area contributed by atoms with Gasteiger partial charge in [-0.1, -0.05) is 18.2 Å². The number of ether oxygens (including phenoxy) is 3. The smallest absolute Gasteiger partial charge is 0.130 e. The van der Waals surface area contributed by atoms with Crippen LogP contribution in [0, 0.1) is 0 Å². The van der Waals surface area contributed by atoms with Gasteiger partial charge in [0.25, 0.3) is 0 Å². The van der Waals surface area contributed by atoms with Crippen molar-refractivity contribution in [3.63, 3.8) is 0 Å². The summed E-state index contributed by atoms with van der Waals surface area (Å²) >= 11 is 0. The van der Waals surface area contributed by atoms with Gasteiger partial charge < -0.3 is 29.2 Å². The summed E-state index contributed by atoms with van der Waals surface area (Å²) in [4.78, 5) is 4.47. The van der Waals surface area contributed by atoms with E-state index in [1.165, 1.54) is 0 Å². The Kier molecular flexibility index (Phi) is 8.98. The SMILES string of the molecule is COc1cccc(OCC(O)CNC(c2cccc(OC)c2)c2nccn2C)c1.Cl. The van der Waals surface area contributed by atoms with Crippen molar-refractivity contribution in [2.45, 2.75) is 12.1 Å². The van der Waals surface area contributed by atoms with Gasteiger partial charge in [0, 0.05) is 32.1 Å². The van der Waals surface area contributed by atoms with Gasteiger partial charge in [-0.15, -0.1) is 12.4 Å². The minimum Gasteiger partial charge on any atom is -0.497 e. The zero-order valence-electron chi connectivity index (χ0n) is 17.3. The van der Waals surface area contributed by atoms with Gasteiger partial charge in [-0.05, 0) is 29.8 Å². The maximum absolute atomic E-state index is 10.4. The molecule has 3 aromatic rings. The number of halogens is 1. The number of aryl methyl sites for hydroxylation is 1. The number of imidazole rings is 1. The van der Waals surface area contributed by atoms with Crippen LogP contribution in [0.1, 0.15) is 17.4 Å². The second-order valence-electron chi connectivity index (χ2n) is 6.66. The van der Waals surface area contributed by atoms with Crippen LogP contribution >= 0.6 is 12.4 Å². The van der Waals surface area contributed by atoms with Gasteiger partial charge in [-0.2, -0.15) is 0 Å². The van der Waals surface area contributed by atoms with Crippen LogP contribution in [0.25, 0.3) is 0 Å². The van der Waals surface area contributed by atoms with E-state index in [9.17, 15) is 5.11 Å². The molecule has 2 aromatic carbocycles. The summed E-state index contributed by atoms with van der Waals surface area (Å²) in [5.41, 5.74) is 1.000. The Morgan fingerprint density at radius 3 is 2.37 bits per heavy atom. The van der Waals surface area contributed by atoms with Crippen molar-refractivity contribution >= 4 is 12.4 Å². The summed E-state index contributed by atoms with van der Waals surface area (Å²) in [6.45, 7) is 0.490. The van der Waals surface area contributed by atoms with Crippen LogP contribution in [0.4, 0.5) is 0 Å². The third-order valence-corrected chi connectivity index (χ3v) is 4.58. The Morgan fingerprint density at radius 1 is 1.03 bits per heavy atom. The molecule has 162 valence electrons. The molecule has 0 saturated heterocycles. The number of aliphatic hydroxyl groups excluding tert-OH is 1. The largest absolute Gasteiger partial charge is 0.497 e. The minimum atomic E-state index is -0.699. The van der Waals surface area contributed by atoms with Crippen molar-refractivity contribution < 1.29 is 19.3 Å². The van der Waals surface area contributed by atoms with Crippen molar-refractivity contribution in [2.75, 3.05) is 27.4 Å². The molecule has 0 fully saturated rings. The maximum atomic E-state index is 10.4. The molecule has 0 spiro atoms. The quantitative estimate of drug-likeness (QED) is 0.512. The number of aromatic nitrogens is 2. The number of nitrogens with zero attached hydrogens (tertiary/aromatic N) is 2. The molecule has 2 unspecified atom stereocenters. The fourth-order valence-electron chi connectivity index (χ4n) is 3.03. The summed E-state index contributed by atoms with van der Waals surface area (Å²) in [5, 5.41) is 13.8. The number of benzene rings is 2. The zero-order valence-corrected chi connectivity index (χ0v) is 18.1. The van der Waals surface area contributed by atoms with Crippen molar-refractivity contribution in [1.82, 2.24) is 14.9 Å². The molecule has 0 radical (unpaired) electrons. The Morgan fingerprint density at radius 2 is 1.70 bits per heavy atom. The molecule has 0 bridgehead atoms. The zero-order chi connectivity index (χ0) is 20.6. The number of hydrogen-bond acceptors (Lipinski definition) is 6. The van der Waals surface area contributed by atoms with Crippen molar-refractivity contribution in [3.05, 3.63) is 72.3 Å². The van der Waals surface area contributed by atoms with Gasteiger partial charge in [0.2, 0.25) is 0 Å². The second-order valence-corrected chi connectivity index (χ2v) is 6.66. The highest BCUT2D eigenvalue weighted by Crippen LogP contribution is 2.24. The average molecular weight is 434 g/mol. The monoisotopic (exact) mass is 433 g/mol. The molecular weight excluding hydrogens is 406 g/mol. The molecule has 2 N–H and O–H groups in total. The lowest BCUT2D eigenvalue weighted by Gasteiger charge is -2.22. The second kappa shape index (κ2) is 11.4. The molecule has 1 heterocycles. The average Bonchev–Trinajstić information content (AvgIpc) is 3.18. The number of rotatable bonds is 10. The first-order chi connectivity index (χ1) is 14.1. The fourth-order valence-corrected chi connectivity index (χ4v) is 3.03. The van der Waals surface area contributed by atoms with E-state index in [0.717, 1.165) is 17.1 Å². The van der Waals surface area contributed by atoms with Crippen LogP contribution in [0.5, 0.6) is 17.2 Å². The van der Waals surface area contributed by atoms with Crippen LogP contribution in [0.15, 0.2) is 60.9 Å². The highest BCUT2D eigenvalue weighted by Gasteiger charge is 2.20. The Balaban J connectivity index is 0.00000320. The number of methoxy groups -OCH3 is 2. The van der Waals surface area contributed by atoms with Crippen molar-refractivity contribution in [3.8, 4) is 17.2 Å². The maximum Gasteiger partial charge on any atom is 0.130 e. The first-order valence-corrected chi connectivity index (χ1v) is 9.40. The highest BCUT2D eigenvalue weighted by atomic mass is 35.5. The van der Waals surface area contributed by atoms with Crippen molar-refractivity contribution in [2.24, 2.45) is 7.05 Å². The van der Waals surface area contributed by atoms with E-state index in [0.29, 0.717) is 18.0 Å².